The lowest BCUT2D eigenvalue weighted by Crippen LogP contribution is -2.40. The Balaban J connectivity index is 2.00. The van der Waals surface area contributed by atoms with Gasteiger partial charge in [-0.2, -0.15) is 0 Å². The molecule has 2 amide bonds. The van der Waals surface area contributed by atoms with Gasteiger partial charge in [0.2, 0.25) is 5.91 Å². The lowest BCUT2D eigenvalue weighted by atomic mass is 9.99. The molecule has 1 aromatic heterocycles. The zero-order valence-corrected chi connectivity index (χ0v) is 15.4. The molecule has 0 bridgehead atoms. The van der Waals surface area contributed by atoms with E-state index in [1.165, 1.54) is 18.3 Å². The third kappa shape index (κ3) is 4.35. The molecule has 0 spiro atoms. The average Bonchev–Trinajstić information content (AvgIpc) is 2.79. The molecule has 1 aliphatic heterocycles. The molecule has 1 saturated heterocycles. The van der Waals surface area contributed by atoms with E-state index in [1.54, 1.807) is 4.90 Å². The van der Waals surface area contributed by atoms with Crippen LogP contribution in [-0.2, 0) is 14.3 Å². The summed E-state index contributed by atoms with van der Waals surface area (Å²) in [6.07, 6.45) is 1.96. The van der Waals surface area contributed by atoms with Crippen LogP contribution in [0.3, 0.4) is 0 Å². The van der Waals surface area contributed by atoms with E-state index in [4.69, 9.17) is 4.74 Å². The lowest BCUT2D eigenvalue weighted by molar-refractivity contribution is -0.135. The Morgan fingerprint density at radius 1 is 1.25 bits per heavy atom. The van der Waals surface area contributed by atoms with Gasteiger partial charge in [0.25, 0.3) is 5.91 Å². The second-order valence-corrected chi connectivity index (χ2v) is 7.53. The number of carbonyl (C=O) groups is 3. The van der Waals surface area contributed by atoms with E-state index in [9.17, 15) is 14.4 Å². The zero-order chi connectivity index (χ0) is 17.9. The summed E-state index contributed by atoms with van der Waals surface area (Å²) in [6, 6.07) is 0. The average molecular weight is 352 g/mol. The number of hydrogen-bond donors (Lipinski definition) is 1. The van der Waals surface area contributed by atoms with Gasteiger partial charge in [-0.1, -0.05) is 6.92 Å². The van der Waals surface area contributed by atoms with Gasteiger partial charge in [-0.25, -0.2) is 4.79 Å². The van der Waals surface area contributed by atoms with Crippen molar-refractivity contribution in [2.75, 3.05) is 25.0 Å². The SMILES string of the molecule is CC(=O)Nc1sc(C)c(C)c1C(=O)OCC(=O)N1CCC(C)CC1. The Bertz CT molecular complexity index is 645. The molecule has 0 saturated carbocycles. The normalized spacial score (nSPS) is 15.2. The van der Waals surface area contributed by atoms with Crippen molar-refractivity contribution in [1.29, 1.82) is 0 Å². The van der Waals surface area contributed by atoms with E-state index in [0.29, 0.717) is 29.6 Å². The van der Waals surface area contributed by atoms with Crippen LogP contribution in [0, 0.1) is 19.8 Å². The number of ether oxygens (including phenoxy) is 1. The number of anilines is 1. The molecule has 0 aliphatic carbocycles. The number of hydrogen-bond acceptors (Lipinski definition) is 5. The second-order valence-electron chi connectivity index (χ2n) is 6.31. The maximum absolute atomic E-state index is 12.4. The first-order chi connectivity index (χ1) is 11.3. The Labute approximate surface area is 146 Å². The molecule has 0 radical (unpaired) electrons. The smallest absolute Gasteiger partial charge is 0.341 e. The van der Waals surface area contributed by atoms with Crippen LogP contribution in [0.5, 0.6) is 0 Å². The molecule has 132 valence electrons. The van der Waals surface area contributed by atoms with Crippen LogP contribution in [0.2, 0.25) is 0 Å². The minimum absolute atomic E-state index is 0.166. The summed E-state index contributed by atoms with van der Waals surface area (Å²) in [5, 5.41) is 3.13. The first-order valence-electron chi connectivity index (χ1n) is 8.12. The van der Waals surface area contributed by atoms with Crippen molar-refractivity contribution in [2.24, 2.45) is 5.92 Å². The molecule has 1 fully saturated rings. The fourth-order valence-electron chi connectivity index (χ4n) is 2.67. The van der Waals surface area contributed by atoms with Crippen molar-refractivity contribution in [1.82, 2.24) is 4.90 Å². The molecule has 1 aliphatic rings. The third-order valence-electron chi connectivity index (χ3n) is 4.34. The number of piperidine rings is 1. The summed E-state index contributed by atoms with van der Waals surface area (Å²) in [6.45, 7) is 8.41. The molecule has 0 atom stereocenters. The van der Waals surface area contributed by atoms with E-state index >= 15 is 0 Å². The lowest BCUT2D eigenvalue weighted by Gasteiger charge is -2.30. The number of amides is 2. The number of nitrogens with zero attached hydrogens (tertiary/aromatic N) is 1. The number of carbonyl (C=O) groups excluding carboxylic acids is 3. The fraction of sp³-hybridized carbons (Fsp3) is 0.588. The van der Waals surface area contributed by atoms with Crippen LogP contribution in [0.1, 0.15) is 47.5 Å². The third-order valence-corrected chi connectivity index (χ3v) is 5.46. The zero-order valence-electron chi connectivity index (χ0n) is 14.6. The summed E-state index contributed by atoms with van der Waals surface area (Å²) >= 11 is 1.33. The summed E-state index contributed by atoms with van der Waals surface area (Å²) in [5.41, 5.74) is 1.11. The van der Waals surface area contributed by atoms with Crippen molar-refractivity contribution in [3.63, 3.8) is 0 Å². The largest absolute Gasteiger partial charge is 0.452 e. The highest BCUT2D eigenvalue weighted by atomic mass is 32.1. The summed E-state index contributed by atoms with van der Waals surface area (Å²) in [4.78, 5) is 38.5. The van der Waals surface area contributed by atoms with E-state index in [-0.39, 0.29) is 18.4 Å². The molecule has 0 aromatic carbocycles. The molecule has 24 heavy (non-hydrogen) atoms. The second kappa shape index (κ2) is 7.79. The molecule has 2 heterocycles. The molecule has 6 nitrogen and oxygen atoms in total. The van der Waals surface area contributed by atoms with Gasteiger partial charge in [-0.3, -0.25) is 9.59 Å². The predicted molar refractivity (Wildman–Crippen MR) is 93.4 cm³/mol. The van der Waals surface area contributed by atoms with Gasteiger partial charge >= 0.3 is 5.97 Å². The van der Waals surface area contributed by atoms with E-state index < -0.39 is 5.97 Å². The monoisotopic (exact) mass is 352 g/mol. The number of aryl methyl sites for hydroxylation is 1. The molecule has 1 aromatic rings. The number of thiophene rings is 1. The minimum Gasteiger partial charge on any atom is -0.452 e. The fourth-order valence-corrected chi connectivity index (χ4v) is 3.76. The summed E-state index contributed by atoms with van der Waals surface area (Å²) in [7, 11) is 0. The standard InChI is InChI=1S/C17H24N2O4S/c1-10-5-7-19(8-6-10)14(21)9-23-17(22)15-11(2)12(3)24-16(15)18-13(4)20/h10H,5-9H2,1-4H3,(H,18,20). The molecule has 7 heteroatoms. The highest BCUT2D eigenvalue weighted by Crippen LogP contribution is 2.33. The van der Waals surface area contributed by atoms with Gasteiger partial charge in [-0.05, 0) is 38.2 Å². The van der Waals surface area contributed by atoms with E-state index in [0.717, 1.165) is 23.3 Å². The van der Waals surface area contributed by atoms with Gasteiger partial charge in [0, 0.05) is 24.9 Å². The summed E-state index contributed by atoms with van der Waals surface area (Å²) < 4.78 is 5.21. The van der Waals surface area contributed by atoms with Crippen LogP contribution in [0.15, 0.2) is 0 Å². The van der Waals surface area contributed by atoms with Crippen LogP contribution < -0.4 is 5.32 Å². The van der Waals surface area contributed by atoms with Gasteiger partial charge in [0.05, 0.1) is 5.56 Å². The molecule has 1 N–H and O–H groups in total. The maximum atomic E-state index is 12.4. The Morgan fingerprint density at radius 2 is 1.88 bits per heavy atom. The van der Waals surface area contributed by atoms with Crippen molar-refractivity contribution >= 4 is 34.1 Å². The van der Waals surface area contributed by atoms with Crippen LogP contribution in [0.25, 0.3) is 0 Å². The van der Waals surface area contributed by atoms with Crippen molar-refractivity contribution in [3.05, 3.63) is 16.0 Å². The quantitative estimate of drug-likeness (QED) is 0.846. The van der Waals surface area contributed by atoms with Crippen LogP contribution in [-0.4, -0.2) is 42.4 Å². The number of likely N-dealkylation sites (tertiary alicyclic amines) is 1. The van der Waals surface area contributed by atoms with E-state index in [2.05, 4.69) is 12.2 Å². The predicted octanol–water partition coefficient (Wildman–Crippen LogP) is 2.74. The molecular formula is C17H24N2O4S. The number of nitrogens with one attached hydrogen (secondary N) is 1. The van der Waals surface area contributed by atoms with Crippen LogP contribution >= 0.6 is 11.3 Å². The van der Waals surface area contributed by atoms with Gasteiger partial charge in [0.1, 0.15) is 5.00 Å². The van der Waals surface area contributed by atoms with Crippen LogP contribution in [0.4, 0.5) is 5.00 Å². The molecular weight excluding hydrogens is 328 g/mol. The first kappa shape index (κ1) is 18.4. The minimum atomic E-state index is -0.570. The number of rotatable bonds is 4. The topological polar surface area (TPSA) is 75.7 Å². The van der Waals surface area contributed by atoms with Gasteiger partial charge in [-0.15, -0.1) is 11.3 Å². The Morgan fingerprint density at radius 3 is 2.46 bits per heavy atom. The Kier molecular flexibility index (Phi) is 5.99. The molecule has 0 unspecified atom stereocenters. The van der Waals surface area contributed by atoms with E-state index in [1.807, 2.05) is 13.8 Å². The van der Waals surface area contributed by atoms with Crippen molar-refractivity contribution in [2.45, 2.75) is 40.5 Å². The highest BCUT2D eigenvalue weighted by Gasteiger charge is 2.25. The van der Waals surface area contributed by atoms with Crippen molar-refractivity contribution in [3.8, 4) is 0 Å². The maximum Gasteiger partial charge on any atom is 0.341 e. The molecule has 2 rings (SSSR count). The Hall–Kier alpha value is -1.89. The van der Waals surface area contributed by atoms with Gasteiger partial charge < -0.3 is 15.0 Å². The number of esters is 1. The summed E-state index contributed by atoms with van der Waals surface area (Å²) in [5.74, 6) is -0.350. The first-order valence-corrected chi connectivity index (χ1v) is 8.93. The van der Waals surface area contributed by atoms with Gasteiger partial charge in [0.15, 0.2) is 6.61 Å². The highest BCUT2D eigenvalue weighted by molar-refractivity contribution is 7.16. The van der Waals surface area contributed by atoms with Crippen molar-refractivity contribution < 1.29 is 19.1 Å².